The molecule has 0 aliphatic carbocycles. The maximum atomic E-state index is 10.4. The number of para-hydroxylation sites is 1. The molecule has 0 radical (unpaired) electrons. The molecule has 0 bridgehead atoms. The Kier molecular flexibility index (Phi) is 4.79. The Bertz CT molecular complexity index is 424. The van der Waals surface area contributed by atoms with Crippen molar-refractivity contribution in [2.24, 2.45) is 0 Å². The summed E-state index contributed by atoms with van der Waals surface area (Å²) >= 11 is 3.19. The van der Waals surface area contributed by atoms with E-state index in [0.29, 0.717) is 12.4 Å². The summed E-state index contributed by atoms with van der Waals surface area (Å²) < 4.78 is 6.17. The lowest BCUT2D eigenvalue weighted by atomic mass is 10.2. The Morgan fingerprint density at radius 3 is 2.81 bits per heavy atom. The molecule has 0 amide bonds. The maximum Gasteiger partial charge on any atom is 0.328 e. The van der Waals surface area contributed by atoms with Gasteiger partial charge in [0.2, 0.25) is 0 Å². The van der Waals surface area contributed by atoms with Crippen LogP contribution in [0.3, 0.4) is 0 Å². The number of rotatable bonds is 5. The number of ether oxygens (including phenoxy) is 1. The smallest absolute Gasteiger partial charge is 0.328 e. The highest BCUT2D eigenvalue weighted by Gasteiger charge is 2.00. The van der Waals surface area contributed by atoms with E-state index in [4.69, 9.17) is 9.84 Å². The van der Waals surface area contributed by atoms with Crippen LogP contribution in [0.5, 0.6) is 5.75 Å². The van der Waals surface area contributed by atoms with Crippen LogP contribution in [-0.4, -0.2) is 17.7 Å². The first-order valence-corrected chi connectivity index (χ1v) is 5.35. The third-order valence-corrected chi connectivity index (χ3v) is 1.94. The molecule has 0 saturated carbocycles. The predicted molar refractivity (Wildman–Crippen MR) is 66.7 cm³/mol. The lowest BCUT2D eigenvalue weighted by Crippen LogP contribution is -1.97. The van der Waals surface area contributed by atoms with E-state index in [-0.39, 0.29) is 0 Å². The summed E-state index contributed by atoms with van der Waals surface area (Å²) in [5, 5.41) is 8.53. The molecule has 0 aromatic heterocycles. The Morgan fingerprint density at radius 1 is 1.50 bits per heavy atom. The minimum absolute atomic E-state index is 0.345. The molecule has 0 fully saturated rings. The fraction of sp³-hybridized carbons (Fsp3) is 0.0833. The van der Waals surface area contributed by atoms with E-state index < -0.39 is 5.97 Å². The molecule has 3 nitrogen and oxygen atoms in total. The number of hydrogen-bond donors (Lipinski definition) is 1. The Morgan fingerprint density at radius 2 is 2.19 bits per heavy atom. The van der Waals surface area contributed by atoms with E-state index in [1.54, 1.807) is 12.1 Å². The summed E-state index contributed by atoms with van der Waals surface area (Å²) in [5.41, 5.74) is 0.721. The topological polar surface area (TPSA) is 46.5 Å². The van der Waals surface area contributed by atoms with Crippen molar-refractivity contribution >= 4 is 28.0 Å². The highest BCUT2D eigenvalue weighted by molar-refractivity contribution is 9.11. The highest BCUT2D eigenvalue weighted by Crippen LogP contribution is 2.20. The van der Waals surface area contributed by atoms with Gasteiger partial charge >= 0.3 is 5.97 Å². The molecule has 16 heavy (non-hydrogen) atoms. The van der Waals surface area contributed by atoms with Gasteiger partial charge in [-0.25, -0.2) is 4.79 Å². The highest BCUT2D eigenvalue weighted by atomic mass is 79.9. The zero-order valence-corrected chi connectivity index (χ0v) is 10.1. The Labute approximate surface area is 102 Å². The molecule has 0 heterocycles. The van der Waals surface area contributed by atoms with Crippen molar-refractivity contribution in [2.75, 3.05) is 6.61 Å². The third-order valence-electron chi connectivity index (χ3n) is 1.71. The first-order chi connectivity index (χ1) is 7.59. The quantitative estimate of drug-likeness (QED) is 0.845. The second-order valence-electron chi connectivity index (χ2n) is 3.02. The molecule has 0 aliphatic rings. The Hall–Kier alpha value is -1.55. The molecule has 4 heteroatoms. The predicted octanol–water partition coefficient (Wildman–Crippen LogP) is 3.07. The van der Waals surface area contributed by atoms with E-state index in [0.717, 1.165) is 16.1 Å². The van der Waals surface area contributed by atoms with Gasteiger partial charge < -0.3 is 9.84 Å². The minimum Gasteiger partial charge on any atom is -0.488 e. The van der Waals surface area contributed by atoms with Crippen LogP contribution >= 0.6 is 15.9 Å². The first kappa shape index (κ1) is 12.5. The summed E-state index contributed by atoms with van der Waals surface area (Å²) in [6, 6.07) is 7.20. The van der Waals surface area contributed by atoms with Crippen LogP contribution in [0.1, 0.15) is 5.56 Å². The van der Waals surface area contributed by atoms with Crippen LogP contribution in [-0.2, 0) is 4.79 Å². The minimum atomic E-state index is -0.986. The number of hydrogen-bond acceptors (Lipinski definition) is 2. The van der Waals surface area contributed by atoms with Gasteiger partial charge in [0.25, 0.3) is 0 Å². The lowest BCUT2D eigenvalue weighted by molar-refractivity contribution is -0.131. The SMILES string of the molecule is C=C(Br)COc1ccccc1/C=C/C(=O)O. The standard InChI is InChI=1S/C12H11BrO3/c1-9(13)8-16-11-5-3-2-4-10(11)6-7-12(14)15/h2-7H,1,8H2,(H,14,15)/b7-6+. The van der Waals surface area contributed by atoms with Crippen LogP contribution in [0.4, 0.5) is 0 Å². The van der Waals surface area contributed by atoms with E-state index in [9.17, 15) is 4.79 Å². The Balaban J connectivity index is 2.83. The van der Waals surface area contributed by atoms with Gasteiger partial charge in [-0.3, -0.25) is 0 Å². The van der Waals surface area contributed by atoms with Crippen molar-refractivity contribution in [1.29, 1.82) is 0 Å². The van der Waals surface area contributed by atoms with Gasteiger partial charge in [-0.1, -0.05) is 40.7 Å². The van der Waals surface area contributed by atoms with Gasteiger partial charge in [0.1, 0.15) is 12.4 Å². The first-order valence-electron chi connectivity index (χ1n) is 4.55. The van der Waals surface area contributed by atoms with Gasteiger partial charge in [-0.15, -0.1) is 0 Å². The van der Waals surface area contributed by atoms with Gasteiger partial charge in [0.15, 0.2) is 0 Å². The van der Waals surface area contributed by atoms with Crippen molar-refractivity contribution in [1.82, 2.24) is 0 Å². The zero-order chi connectivity index (χ0) is 12.0. The second kappa shape index (κ2) is 6.12. The van der Waals surface area contributed by atoms with Crippen molar-refractivity contribution in [3.05, 3.63) is 47.0 Å². The molecule has 0 unspecified atom stereocenters. The zero-order valence-electron chi connectivity index (χ0n) is 8.52. The molecule has 0 saturated heterocycles. The van der Waals surface area contributed by atoms with E-state index >= 15 is 0 Å². The van der Waals surface area contributed by atoms with E-state index in [1.165, 1.54) is 6.08 Å². The van der Waals surface area contributed by atoms with E-state index in [1.807, 2.05) is 12.1 Å². The summed E-state index contributed by atoms with van der Waals surface area (Å²) in [4.78, 5) is 10.4. The monoisotopic (exact) mass is 282 g/mol. The largest absolute Gasteiger partial charge is 0.488 e. The number of carboxylic acids is 1. The number of benzene rings is 1. The number of aliphatic carboxylic acids is 1. The fourth-order valence-corrected chi connectivity index (χ4v) is 1.18. The summed E-state index contributed by atoms with van der Waals surface area (Å²) in [7, 11) is 0. The van der Waals surface area contributed by atoms with Crippen LogP contribution in [0.15, 0.2) is 41.4 Å². The molecule has 84 valence electrons. The molecule has 0 atom stereocenters. The van der Waals surface area contributed by atoms with Crippen molar-refractivity contribution in [3.63, 3.8) is 0 Å². The summed E-state index contributed by atoms with van der Waals surface area (Å²) in [6.45, 7) is 4.00. The van der Waals surface area contributed by atoms with Crippen LogP contribution in [0.2, 0.25) is 0 Å². The fourth-order valence-electron chi connectivity index (χ4n) is 1.07. The van der Waals surface area contributed by atoms with Crippen LogP contribution in [0, 0.1) is 0 Å². The molecule has 0 aliphatic heterocycles. The second-order valence-corrected chi connectivity index (χ2v) is 4.14. The summed E-state index contributed by atoms with van der Waals surface area (Å²) in [5.74, 6) is -0.361. The van der Waals surface area contributed by atoms with E-state index in [2.05, 4.69) is 22.5 Å². The van der Waals surface area contributed by atoms with Crippen LogP contribution in [0.25, 0.3) is 6.08 Å². The molecule has 1 N–H and O–H groups in total. The van der Waals surface area contributed by atoms with Crippen molar-refractivity contribution in [2.45, 2.75) is 0 Å². The third kappa shape index (κ3) is 4.31. The molecular formula is C12H11BrO3. The van der Waals surface area contributed by atoms with Crippen LogP contribution < -0.4 is 4.74 Å². The lowest BCUT2D eigenvalue weighted by Gasteiger charge is -2.07. The average Bonchev–Trinajstić information content (AvgIpc) is 2.24. The number of carboxylic acid groups (broad SMARTS) is 1. The maximum absolute atomic E-state index is 10.4. The number of carbonyl (C=O) groups is 1. The van der Waals surface area contributed by atoms with Gasteiger partial charge in [0, 0.05) is 16.1 Å². The summed E-state index contributed by atoms with van der Waals surface area (Å²) in [6.07, 6.45) is 2.57. The average molecular weight is 283 g/mol. The molecule has 0 spiro atoms. The molecule has 1 aromatic rings. The van der Waals surface area contributed by atoms with Crippen molar-refractivity contribution in [3.8, 4) is 5.75 Å². The van der Waals surface area contributed by atoms with Gasteiger partial charge in [-0.05, 0) is 12.1 Å². The van der Waals surface area contributed by atoms with Crippen molar-refractivity contribution < 1.29 is 14.6 Å². The molecular weight excluding hydrogens is 272 g/mol. The molecule has 1 rings (SSSR count). The normalized spacial score (nSPS) is 10.3. The van der Waals surface area contributed by atoms with Gasteiger partial charge in [0.05, 0.1) is 0 Å². The number of halogens is 1. The molecule has 1 aromatic carbocycles. The van der Waals surface area contributed by atoms with Gasteiger partial charge in [-0.2, -0.15) is 0 Å².